The third-order valence-electron chi connectivity index (χ3n) is 2.76. The summed E-state index contributed by atoms with van der Waals surface area (Å²) in [5.41, 5.74) is 2.36. The second-order valence-corrected chi connectivity index (χ2v) is 6.74. The van der Waals surface area contributed by atoms with Gasteiger partial charge in [0.2, 0.25) is 0 Å². The highest BCUT2D eigenvalue weighted by molar-refractivity contribution is 9.10. The van der Waals surface area contributed by atoms with Crippen molar-refractivity contribution >= 4 is 27.3 Å². The lowest BCUT2D eigenvalue weighted by molar-refractivity contribution is 0.588. The Labute approximate surface area is 126 Å². The zero-order chi connectivity index (χ0) is 13.8. The first-order valence-electron chi connectivity index (χ1n) is 6.38. The molecule has 0 saturated heterocycles. The SMILES string of the molecule is Cc1cc(-c2nnc(CCNC(C)C)s2)ccc1Br. The zero-order valence-electron chi connectivity index (χ0n) is 11.4. The van der Waals surface area contributed by atoms with Gasteiger partial charge in [-0.15, -0.1) is 10.2 Å². The standard InChI is InChI=1S/C14H18BrN3S/c1-9(2)16-7-6-13-17-18-14(19-13)11-4-5-12(15)10(3)8-11/h4-5,8-9,16H,6-7H2,1-3H3. The van der Waals surface area contributed by atoms with Crippen molar-refractivity contribution in [1.29, 1.82) is 0 Å². The minimum absolute atomic E-state index is 0.515. The highest BCUT2D eigenvalue weighted by atomic mass is 79.9. The van der Waals surface area contributed by atoms with Gasteiger partial charge in [0, 0.05) is 29.0 Å². The summed E-state index contributed by atoms with van der Waals surface area (Å²) in [6.07, 6.45) is 0.936. The van der Waals surface area contributed by atoms with Gasteiger partial charge in [-0.2, -0.15) is 0 Å². The average molecular weight is 340 g/mol. The van der Waals surface area contributed by atoms with Crippen LogP contribution in [0.4, 0.5) is 0 Å². The third-order valence-corrected chi connectivity index (χ3v) is 4.69. The molecule has 1 aromatic heterocycles. The molecule has 0 amide bonds. The Morgan fingerprint density at radius 3 is 2.79 bits per heavy atom. The van der Waals surface area contributed by atoms with Gasteiger partial charge in [0.1, 0.15) is 10.0 Å². The summed E-state index contributed by atoms with van der Waals surface area (Å²) in [6, 6.07) is 6.79. The molecule has 0 aliphatic carbocycles. The molecule has 2 aromatic rings. The molecule has 0 spiro atoms. The van der Waals surface area contributed by atoms with E-state index in [0.717, 1.165) is 33.0 Å². The van der Waals surface area contributed by atoms with Crippen LogP contribution in [0.25, 0.3) is 10.6 Å². The van der Waals surface area contributed by atoms with Crippen molar-refractivity contribution in [1.82, 2.24) is 15.5 Å². The molecular formula is C14H18BrN3S. The predicted molar refractivity (Wildman–Crippen MR) is 84.6 cm³/mol. The third kappa shape index (κ3) is 4.09. The van der Waals surface area contributed by atoms with Gasteiger partial charge in [0.05, 0.1) is 0 Å². The molecular weight excluding hydrogens is 322 g/mol. The van der Waals surface area contributed by atoms with Gasteiger partial charge in [-0.3, -0.25) is 0 Å². The molecule has 102 valence electrons. The first-order chi connectivity index (χ1) is 9.06. The molecule has 3 nitrogen and oxygen atoms in total. The lowest BCUT2D eigenvalue weighted by Gasteiger charge is -2.05. The van der Waals surface area contributed by atoms with Gasteiger partial charge in [-0.05, 0) is 24.6 Å². The molecule has 0 aliphatic heterocycles. The van der Waals surface area contributed by atoms with Crippen LogP contribution in [0.5, 0.6) is 0 Å². The normalized spacial score (nSPS) is 11.2. The minimum Gasteiger partial charge on any atom is -0.314 e. The van der Waals surface area contributed by atoms with Crippen LogP contribution >= 0.6 is 27.3 Å². The van der Waals surface area contributed by atoms with E-state index < -0.39 is 0 Å². The van der Waals surface area contributed by atoms with Crippen LogP contribution in [0.2, 0.25) is 0 Å². The van der Waals surface area contributed by atoms with Crippen molar-refractivity contribution in [2.24, 2.45) is 0 Å². The molecule has 0 saturated carbocycles. The van der Waals surface area contributed by atoms with E-state index >= 15 is 0 Å². The lowest BCUT2D eigenvalue weighted by Crippen LogP contribution is -2.24. The van der Waals surface area contributed by atoms with Gasteiger partial charge < -0.3 is 5.32 Å². The van der Waals surface area contributed by atoms with E-state index in [9.17, 15) is 0 Å². The molecule has 0 bridgehead atoms. The first-order valence-corrected chi connectivity index (χ1v) is 7.99. The quantitative estimate of drug-likeness (QED) is 0.899. The largest absolute Gasteiger partial charge is 0.314 e. The van der Waals surface area contributed by atoms with E-state index in [2.05, 4.69) is 70.4 Å². The van der Waals surface area contributed by atoms with Crippen LogP contribution in [0.3, 0.4) is 0 Å². The van der Waals surface area contributed by atoms with E-state index in [1.807, 2.05) is 0 Å². The first kappa shape index (κ1) is 14.6. The number of benzene rings is 1. The summed E-state index contributed by atoms with van der Waals surface area (Å²) in [7, 11) is 0. The Kier molecular flexibility index (Phi) is 5.07. The molecule has 19 heavy (non-hydrogen) atoms. The van der Waals surface area contributed by atoms with Crippen LogP contribution in [0, 0.1) is 6.92 Å². The Morgan fingerprint density at radius 2 is 2.11 bits per heavy atom. The Hall–Kier alpha value is -0.780. The number of hydrogen-bond acceptors (Lipinski definition) is 4. The van der Waals surface area contributed by atoms with E-state index in [1.165, 1.54) is 5.56 Å². The summed E-state index contributed by atoms with van der Waals surface area (Å²) in [6.45, 7) is 7.33. The summed E-state index contributed by atoms with van der Waals surface area (Å²) in [5, 5.41) is 14.0. The second kappa shape index (κ2) is 6.59. The summed E-state index contributed by atoms with van der Waals surface area (Å²) < 4.78 is 1.13. The summed E-state index contributed by atoms with van der Waals surface area (Å²) in [4.78, 5) is 0. The van der Waals surface area contributed by atoms with E-state index in [4.69, 9.17) is 0 Å². The highest BCUT2D eigenvalue weighted by Gasteiger charge is 2.07. The monoisotopic (exact) mass is 339 g/mol. The summed E-state index contributed by atoms with van der Waals surface area (Å²) >= 11 is 5.19. The smallest absolute Gasteiger partial charge is 0.147 e. The average Bonchev–Trinajstić information content (AvgIpc) is 2.81. The van der Waals surface area contributed by atoms with Crippen LogP contribution in [0.15, 0.2) is 22.7 Å². The van der Waals surface area contributed by atoms with Gasteiger partial charge in [-0.1, -0.05) is 47.2 Å². The van der Waals surface area contributed by atoms with E-state index in [1.54, 1.807) is 11.3 Å². The fourth-order valence-electron chi connectivity index (χ4n) is 1.72. The number of halogens is 1. The van der Waals surface area contributed by atoms with Crippen molar-refractivity contribution in [3.63, 3.8) is 0 Å². The number of nitrogens with zero attached hydrogens (tertiary/aromatic N) is 2. The predicted octanol–water partition coefficient (Wildman–Crippen LogP) is 3.82. The van der Waals surface area contributed by atoms with Crippen molar-refractivity contribution in [2.45, 2.75) is 33.2 Å². The Balaban J connectivity index is 2.05. The van der Waals surface area contributed by atoms with Crippen LogP contribution < -0.4 is 5.32 Å². The topological polar surface area (TPSA) is 37.8 Å². The summed E-state index contributed by atoms with van der Waals surface area (Å²) in [5.74, 6) is 0. The maximum Gasteiger partial charge on any atom is 0.147 e. The van der Waals surface area contributed by atoms with Gasteiger partial charge in [-0.25, -0.2) is 0 Å². The fourth-order valence-corrected chi connectivity index (χ4v) is 2.80. The molecule has 0 unspecified atom stereocenters. The van der Waals surface area contributed by atoms with Gasteiger partial charge in [0.25, 0.3) is 0 Å². The highest BCUT2D eigenvalue weighted by Crippen LogP contribution is 2.27. The molecule has 2 rings (SSSR count). The fraction of sp³-hybridized carbons (Fsp3) is 0.429. The van der Waals surface area contributed by atoms with Crippen LogP contribution in [0.1, 0.15) is 24.4 Å². The molecule has 0 aliphatic rings. The molecule has 1 aromatic carbocycles. The maximum absolute atomic E-state index is 4.28. The van der Waals surface area contributed by atoms with Crippen molar-refractivity contribution in [3.8, 4) is 10.6 Å². The van der Waals surface area contributed by atoms with Crippen LogP contribution in [-0.2, 0) is 6.42 Å². The molecule has 1 N–H and O–H groups in total. The molecule has 0 atom stereocenters. The number of hydrogen-bond donors (Lipinski definition) is 1. The van der Waals surface area contributed by atoms with E-state index in [0.29, 0.717) is 6.04 Å². The van der Waals surface area contributed by atoms with Crippen molar-refractivity contribution in [2.75, 3.05) is 6.54 Å². The van der Waals surface area contributed by atoms with Gasteiger partial charge in [0.15, 0.2) is 0 Å². The van der Waals surface area contributed by atoms with E-state index in [-0.39, 0.29) is 0 Å². The zero-order valence-corrected chi connectivity index (χ0v) is 13.8. The van der Waals surface area contributed by atoms with Gasteiger partial charge >= 0.3 is 0 Å². The minimum atomic E-state index is 0.515. The Bertz CT molecular complexity index is 551. The number of nitrogens with one attached hydrogen (secondary N) is 1. The molecule has 0 fully saturated rings. The number of aryl methyl sites for hydroxylation is 1. The number of rotatable bonds is 5. The molecule has 1 heterocycles. The number of aromatic nitrogens is 2. The Morgan fingerprint density at radius 1 is 1.32 bits per heavy atom. The lowest BCUT2D eigenvalue weighted by atomic mass is 10.1. The van der Waals surface area contributed by atoms with Crippen LogP contribution in [-0.4, -0.2) is 22.8 Å². The molecule has 5 heteroatoms. The maximum atomic E-state index is 4.28. The second-order valence-electron chi connectivity index (χ2n) is 4.82. The van der Waals surface area contributed by atoms with Crippen molar-refractivity contribution < 1.29 is 0 Å². The van der Waals surface area contributed by atoms with Crippen molar-refractivity contribution in [3.05, 3.63) is 33.2 Å². The molecule has 0 radical (unpaired) electrons.